The van der Waals surface area contributed by atoms with Crippen LogP contribution in [0.25, 0.3) is 0 Å². The van der Waals surface area contributed by atoms with Crippen molar-refractivity contribution in [2.45, 2.75) is 13.0 Å². The molecule has 0 radical (unpaired) electrons. The third-order valence-corrected chi connectivity index (χ3v) is 0.883. The smallest absolute Gasteiger partial charge is 0.337 e. The normalized spacial score (nSPS) is 24.9. The van der Waals surface area contributed by atoms with Crippen LogP contribution in [0.3, 0.4) is 0 Å². The van der Waals surface area contributed by atoms with E-state index < -0.39 is 0 Å². The highest BCUT2D eigenvalue weighted by atomic mass is 16.6. The molecule has 1 heterocycles. The van der Waals surface area contributed by atoms with Crippen molar-refractivity contribution < 1.29 is 14.3 Å². The number of rotatable bonds is 2. The first kappa shape index (κ1) is 5.56. The lowest BCUT2D eigenvalue weighted by atomic mass is 10.5. The Labute approximate surface area is 47.6 Å². The Morgan fingerprint density at radius 2 is 2.62 bits per heavy atom. The molecule has 0 N–H and O–H groups in total. The van der Waals surface area contributed by atoms with Gasteiger partial charge < -0.3 is 9.47 Å². The Kier molecular flexibility index (Phi) is 1.48. The number of ether oxygens (including phenoxy) is 2. The van der Waals surface area contributed by atoms with E-state index in [4.69, 9.17) is 0 Å². The summed E-state index contributed by atoms with van der Waals surface area (Å²) in [5, 5.41) is 0. The van der Waals surface area contributed by atoms with Crippen LogP contribution in [0.1, 0.15) is 6.92 Å². The highest BCUT2D eigenvalue weighted by Gasteiger charge is 2.32. The van der Waals surface area contributed by atoms with Gasteiger partial charge in [0.2, 0.25) is 0 Å². The Hall–Kier alpha value is -0.570. The zero-order chi connectivity index (χ0) is 5.98. The van der Waals surface area contributed by atoms with Gasteiger partial charge in [0.15, 0.2) is 6.10 Å². The predicted molar refractivity (Wildman–Crippen MR) is 26.4 cm³/mol. The van der Waals surface area contributed by atoms with E-state index in [2.05, 4.69) is 9.47 Å². The molecule has 0 bridgehead atoms. The molecular weight excluding hydrogens is 108 g/mol. The van der Waals surface area contributed by atoms with E-state index in [1.165, 1.54) is 0 Å². The summed E-state index contributed by atoms with van der Waals surface area (Å²) in [6, 6.07) is 0. The zero-order valence-electron chi connectivity index (χ0n) is 4.72. The molecule has 0 aromatic heterocycles. The van der Waals surface area contributed by atoms with E-state index >= 15 is 0 Å². The SMILES string of the molecule is CCOC(=O)[C@@H]1CO1. The largest absolute Gasteiger partial charge is 0.464 e. The maximum Gasteiger partial charge on any atom is 0.337 e. The molecule has 0 amide bonds. The van der Waals surface area contributed by atoms with E-state index in [1.807, 2.05) is 0 Å². The van der Waals surface area contributed by atoms with Crippen LogP contribution in [0.5, 0.6) is 0 Å². The van der Waals surface area contributed by atoms with Gasteiger partial charge in [0.25, 0.3) is 0 Å². The van der Waals surface area contributed by atoms with Crippen molar-refractivity contribution in [1.82, 2.24) is 0 Å². The molecule has 1 rings (SSSR count). The fourth-order valence-corrected chi connectivity index (χ4v) is 0.419. The van der Waals surface area contributed by atoms with Crippen LogP contribution in [0.15, 0.2) is 0 Å². The maximum absolute atomic E-state index is 10.5. The van der Waals surface area contributed by atoms with Crippen molar-refractivity contribution in [3.63, 3.8) is 0 Å². The Bertz CT molecular complexity index is 95.8. The lowest BCUT2D eigenvalue weighted by molar-refractivity contribution is -0.144. The number of hydrogen-bond acceptors (Lipinski definition) is 3. The van der Waals surface area contributed by atoms with Crippen molar-refractivity contribution in [2.75, 3.05) is 13.2 Å². The number of epoxide rings is 1. The molecule has 1 aliphatic heterocycles. The van der Waals surface area contributed by atoms with E-state index in [1.54, 1.807) is 6.92 Å². The van der Waals surface area contributed by atoms with E-state index in [9.17, 15) is 4.79 Å². The summed E-state index contributed by atoms with van der Waals surface area (Å²) in [5.74, 6) is -0.229. The Morgan fingerprint density at radius 1 is 2.00 bits per heavy atom. The molecule has 3 nitrogen and oxygen atoms in total. The zero-order valence-corrected chi connectivity index (χ0v) is 4.72. The monoisotopic (exact) mass is 116 g/mol. The summed E-state index contributed by atoms with van der Waals surface area (Å²) in [6.07, 6.45) is -0.241. The molecule has 0 aliphatic carbocycles. The Balaban J connectivity index is 2.13. The van der Waals surface area contributed by atoms with Crippen molar-refractivity contribution in [3.8, 4) is 0 Å². The van der Waals surface area contributed by atoms with Gasteiger partial charge in [-0.1, -0.05) is 0 Å². The predicted octanol–water partition coefficient (Wildman–Crippen LogP) is -0.0517. The fourth-order valence-electron chi connectivity index (χ4n) is 0.419. The van der Waals surface area contributed by atoms with Gasteiger partial charge in [-0.3, -0.25) is 0 Å². The first-order valence-electron chi connectivity index (χ1n) is 2.63. The minimum Gasteiger partial charge on any atom is -0.464 e. The number of carbonyl (C=O) groups is 1. The average Bonchev–Trinajstić information content (AvgIpc) is 2.45. The molecule has 3 heteroatoms. The summed E-state index contributed by atoms with van der Waals surface area (Å²) >= 11 is 0. The van der Waals surface area contributed by atoms with E-state index in [-0.39, 0.29) is 12.1 Å². The van der Waals surface area contributed by atoms with Crippen molar-refractivity contribution in [3.05, 3.63) is 0 Å². The molecule has 8 heavy (non-hydrogen) atoms. The number of carbonyl (C=O) groups excluding carboxylic acids is 1. The first-order chi connectivity index (χ1) is 3.84. The first-order valence-corrected chi connectivity index (χ1v) is 2.63. The van der Waals surface area contributed by atoms with Crippen molar-refractivity contribution in [1.29, 1.82) is 0 Å². The van der Waals surface area contributed by atoms with Crippen LogP contribution in [-0.4, -0.2) is 25.3 Å². The third kappa shape index (κ3) is 1.20. The van der Waals surface area contributed by atoms with Crippen LogP contribution < -0.4 is 0 Å². The number of hydrogen-bond donors (Lipinski definition) is 0. The summed E-state index contributed by atoms with van der Waals surface area (Å²) in [7, 11) is 0. The lowest BCUT2D eigenvalue weighted by Gasteiger charge is -1.93. The van der Waals surface area contributed by atoms with Crippen LogP contribution in [-0.2, 0) is 14.3 Å². The molecule has 0 aromatic rings. The minimum atomic E-state index is -0.241. The highest BCUT2D eigenvalue weighted by molar-refractivity contribution is 5.76. The summed E-state index contributed by atoms with van der Waals surface area (Å²) in [4.78, 5) is 10.5. The van der Waals surface area contributed by atoms with Gasteiger partial charge >= 0.3 is 5.97 Å². The van der Waals surface area contributed by atoms with Gasteiger partial charge in [-0.25, -0.2) is 4.79 Å². The fraction of sp³-hybridized carbons (Fsp3) is 0.800. The molecule has 46 valence electrons. The topological polar surface area (TPSA) is 38.8 Å². The second-order valence-electron chi connectivity index (χ2n) is 1.57. The van der Waals surface area contributed by atoms with Crippen LogP contribution >= 0.6 is 0 Å². The average molecular weight is 116 g/mol. The third-order valence-electron chi connectivity index (χ3n) is 0.883. The minimum absolute atomic E-state index is 0.229. The molecule has 1 saturated heterocycles. The Morgan fingerprint density at radius 3 is 3.00 bits per heavy atom. The second-order valence-corrected chi connectivity index (χ2v) is 1.57. The second kappa shape index (κ2) is 2.13. The van der Waals surface area contributed by atoms with Gasteiger partial charge in [0.05, 0.1) is 13.2 Å². The van der Waals surface area contributed by atoms with Gasteiger partial charge in [-0.05, 0) is 6.92 Å². The summed E-state index contributed by atoms with van der Waals surface area (Å²) in [5.41, 5.74) is 0. The summed E-state index contributed by atoms with van der Waals surface area (Å²) < 4.78 is 9.25. The molecule has 0 spiro atoms. The highest BCUT2D eigenvalue weighted by Crippen LogP contribution is 2.09. The standard InChI is InChI=1S/C5H8O3/c1-2-7-5(6)4-3-8-4/h4H,2-3H2,1H3/t4-/m0/s1. The van der Waals surface area contributed by atoms with E-state index in [0.717, 1.165) is 0 Å². The molecule has 1 fully saturated rings. The molecular formula is C5H8O3. The van der Waals surface area contributed by atoms with Gasteiger partial charge in [-0.15, -0.1) is 0 Å². The van der Waals surface area contributed by atoms with Crippen LogP contribution in [0.4, 0.5) is 0 Å². The lowest BCUT2D eigenvalue weighted by Crippen LogP contribution is -2.10. The van der Waals surface area contributed by atoms with Crippen LogP contribution in [0.2, 0.25) is 0 Å². The van der Waals surface area contributed by atoms with E-state index in [0.29, 0.717) is 13.2 Å². The van der Waals surface area contributed by atoms with Gasteiger partial charge in [-0.2, -0.15) is 0 Å². The molecule has 1 aliphatic rings. The van der Waals surface area contributed by atoms with Crippen molar-refractivity contribution >= 4 is 5.97 Å². The molecule has 1 atom stereocenters. The molecule has 0 aromatic carbocycles. The van der Waals surface area contributed by atoms with Crippen molar-refractivity contribution in [2.24, 2.45) is 0 Å². The molecule has 0 unspecified atom stereocenters. The van der Waals surface area contributed by atoms with Gasteiger partial charge in [0, 0.05) is 0 Å². The quantitative estimate of drug-likeness (QED) is 0.375. The van der Waals surface area contributed by atoms with Gasteiger partial charge in [0.1, 0.15) is 0 Å². The van der Waals surface area contributed by atoms with Crippen LogP contribution in [0, 0.1) is 0 Å². The maximum atomic E-state index is 10.5. The number of esters is 1. The summed E-state index contributed by atoms with van der Waals surface area (Å²) in [6.45, 7) is 2.76. The molecule has 0 saturated carbocycles.